The van der Waals surface area contributed by atoms with Crippen LogP contribution in [0.1, 0.15) is 56.1 Å². The number of quaternary nitrogens is 1. The Hall–Kier alpha value is -3.05. The molecule has 5 rings (SSSR count). The number of nitrogens with zero attached hydrogens (tertiary/aromatic N) is 1. The van der Waals surface area contributed by atoms with E-state index in [1.54, 1.807) is 0 Å². The molecule has 0 fully saturated rings. The molecule has 0 aliphatic carbocycles. The number of sulfonamides is 1. The van der Waals surface area contributed by atoms with Crippen LogP contribution in [0.3, 0.4) is 0 Å². The van der Waals surface area contributed by atoms with Crippen LogP contribution in [-0.2, 0) is 36.0 Å². The Morgan fingerprint density at radius 2 is 1.76 bits per heavy atom. The van der Waals surface area contributed by atoms with Gasteiger partial charge in [-0.05, 0) is 61.2 Å². The average molecular weight is 540 g/mol. The van der Waals surface area contributed by atoms with E-state index in [0.717, 1.165) is 35.5 Å². The summed E-state index contributed by atoms with van der Waals surface area (Å²) in [5.41, 5.74) is 9.51. The fourth-order valence-electron chi connectivity index (χ4n) is 5.12. The third-order valence-electron chi connectivity index (χ3n) is 7.31. The molecule has 0 radical (unpaired) electrons. The van der Waals surface area contributed by atoms with Crippen molar-refractivity contribution in [1.82, 2.24) is 4.31 Å². The van der Waals surface area contributed by atoms with Crippen molar-refractivity contribution >= 4 is 38.2 Å². The molecule has 2 aromatic carbocycles. The second-order valence-electron chi connectivity index (χ2n) is 9.90. The molecule has 3 heterocycles. The SMILES string of the molecule is CC(C)[NH+]1CCc2c(sc(NC(=O)c3ccc(S(=O)(=O)N4CCc5ccccc5C4)cc3)c2C(N)=O)C1. The van der Waals surface area contributed by atoms with Gasteiger partial charge in [0.15, 0.2) is 0 Å². The van der Waals surface area contributed by atoms with Gasteiger partial charge in [0.1, 0.15) is 11.5 Å². The van der Waals surface area contributed by atoms with E-state index in [4.69, 9.17) is 5.73 Å². The molecule has 4 N–H and O–H groups in total. The first-order valence-electron chi connectivity index (χ1n) is 12.4. The van der Waals surface area contributed by atoms with Gasteiger partial charge in [0.05, 0.1) is 27.9 Å². The first kappa shape index (κ1) is 25.6. The maximum atomic E-state index is 13.2. The summed E-state index contributed by atoms with van der Waals surface area (Å²) in [6.07, 6.45) is 1.40. The number of hydrogen-bond acceptors (Lipinski definition) is 5. The topological polar surface area (TPSA) is 114 Å². The molecule has 2 aliphatic heterocycles. The van der Waals surface area contributed by atoms with E-state index in [2.05, 4.69) is 19.2 Å². The number of nitrogens with two attached hydrogens (primary N) is 1. The number of amides is 2. The summed E-state index contributed by atoms with van der Waals surface area (Å²) in [7, 11) is -3.70. The monoisotopic (exact) mass is 539 g/mol. The molecule has 0 bridgehead atoms. The van der Waals surface area contributed by atoms with Crippen LogP contribution < -0.4 is 16.0 Å². The van der Waals surface area contributed by atoms with Crippen molar-refractivity contribution in [3.05, 3.63) is 81.2 Å². The van der Waals surface area contributed by atoms with E-state index in [9.17, 15) is 18.0 Å². The van der Waals surface area contributed by atoms with Crippen LogP contribution in [0, 0.1) is 0 Å². The number of rotatable bonds is 6. The Bertz CT molecular complexity index is 1460. The van der Waals surface area contributed by atoms with Gasteiger partial charge >= 0.3 is 0 Å². The Morgan fingerprint density at radius 1 is 1.05 bits per heavy atom. The van der Waals surface area contributed by atoms with Crippen molar-refractivity contribution < 1.29 is 22.9 Å². The van der Waals surface area contributed by atoms with Gasteiger partial charge < -0.3 is 16.0 Å². The van der Waals surface area contributed by atoms with Gasteiger partial charge in [0.2, 0.25) is 10.0 Å². The molecule has 1 unspecified atom stereocenters. The summed E-state index contributed by atoms with van der Waals surface area (Å²) in [6.45, 7) is 6.78. The highest BCUT2D eigenvalue weighted by Gasteiger charge is 2.31. The summed E-state index contributed by atoms with van der Waals surface area (Å²) in [4.78, 5) is 28.0. The molecular weight excluding hydrogens is 508 g/mol. The van der Waals surface area contributed by atoms with Crippen LogP contribution in [-0.4, -0.2) is 43.7 Å². The zero-order chi connectivity index (χ0) is 26.3. The molecule has 10 heteroatoms. The number of carbonyl (C=O) groups is 2. The van der Waals surface area contributed by atoms with E-state index < -0.39 is 21.8 Å². The van der Waals surface area contributed by atoms with E-state index in [-0.39, 0.29) is 4.90 Å². The maximum absolute atomic E-state index is 13.2. The Morgan fingerprint density at radius 3 is 2.43 bits per heavy atom. The number of primary amides is 1. The summed E-state index contributed by atoms with van der Waals surface area (Å²) in [6, 6.07) is 14.2. The van der Waals surface area contributed by atoms with Crippen LogP contribution in [0.15, 0.2) is 53.4 Å². The molecule has 2 amide bonds. The summed E-state index contributed by atoms with van der Waals surface area (Å²) < 4.78 is 28.0. The minimum absolute atomic E-state index is 0.143. The lowest BCUT2D eigenvalue weighted by Gasteiger charge is -2.28. The highest BCUT2D eigenvalue weighted by atomic mass is 32.2. The van der Waals surface area contributed by atoms with Gasteiger partial charge in [0, 0.05) is 25.1 Å². The van der Waals surface area contributed by atoms with E-state index in [1.807, 2.05) is 24.3 Å². The zero-order valence-electron chi connectivity index (χ0n) is 20.9. The predicted molar refractivity (Wildman–Crippen MR) is 143 cm³/mol. The van der Waals surface area contributed by atoms with Crippen molar-refractivity contribution in [2.45, 2.75) is 50.7 Å². The highest BCUT2D eigenvalue weighted by Crippen LogP contribution is 2.35. The standard InChI is InChI=1S/C27H30N4O4S2/c1-17(2)30-13-12-22-23(16-30)36-27(24(22)25(28)32)29-26(33)19-7-9-21(10-8-19)37(34,35)31-14-11-18-5-3-4-6-20(18)15-31/h3-10,17H,11-16H2,1-2H3,(H2,28,32)(H,29,33)/p+1. The van der Waals surface area contributed by atoms with E-state index >= 15 is 0 Å². The lowest BCUT2D eigenvalue weighted by molar-refractivity contribution is -0.936. The fraction of sp³-hybridized carbons (Fsp3) is 0.333. The first-order chi connectivity index (χ1) is 17.6. The second kappa shape index (κ2) is 10.0. The van der Waals surface area contributed by atoms with Crippen LogP contribution in [0.5, 0.6) is 0 Å². The zero-order valence-corrected chi connectivity index (χ0v) is 22.5. The number of hydrogen-bond donors (Lipinski definition) is 3. The van der Waals surface area contributed by atoms with Crippen molar-refractivity contribution in [2.75, 3.05) is 18.4 Å². The molecule has 2 aliphatic rings. The van der Waals surface area contributed by atoms with Gasteiger partial charge in [-0.25, -0.2) is 8.42 Å². The van der Waals surface area contributed by atoms with Crippen molar-refractivity contribution in [2.24, 2.45) is 5.73 Å². The number of carbonyl (C=O) groups excluding carboxylic acids is 2. The Balaban J connectivity index is 1.33. The molecule has 0 saturated carbocycles. The van der Waals surface area contributed by atoms with Crippen LogP contribution in [0.2, 0.25) is 0 Å². The molecule has 1 atom stereocenters. The maximum Gasteiger partial charge on any atom is 0.256 e. The molecule has 37 heavy (non-hydrogen) atoms. The van der Waals surface area contributed by atoms with Crippen molar-refractivity contribution in [1.29, 1.82) is 0 Å². The number of thiophene rings is 1. The number of fused-ring (bicyclic) bond motifs is 2. The minimum atomic E-state index is -3.70. The van der Waals surface area contributed by atoms with Gasteiger partial charge in [-0.2, -0.15) is 4.31 Å². The molecule has 3 aromatic rings. The normalized spacial score (nSPS) is 17.8. The molecular formula is C27H31N4O4S2+. The van der Waals surface area contributed by atoms with Crippen LogP contribution in [0.4, 0.5) is 5.00 Å². The Labute approximate surface area is 221 Å². The first-order valence-corrected chi connectivity index (χ1v) is 14.7. The summed E-state index contributed by atoms with van der Waals surface area (Å²) in [5.74, 6) is -0.963. The molecule has 0 spiro atoms. The predicted octanol–water partition coefficient (Wildman–Crippen LogP) is 2.20. The lowest BCUT2D eigenvalue weighted by Crippen LogP contribution is -3.14. The Kier molecular flexibility index (Phi) is 6.93. The van der Waals surface area contributed by atoms with E-state index in [1.165, 1.54) is 50.4 Å². The van der Waals surface area contributed by atoms with Gasteiger partial charge in [-0.3, -0.25) is 9.59 Å². The van der Waals surface area contributed by atoms with Gasteiger partial charge in [-0.1, -0.05) is 24.3 Å². The van der Waals surface area contributed by atoms with Crippen LogP contribution in [0.25, 0.3) is 0 Å². The number of anilines is 1. The number of benzene rings is 2. The summed E-state index contributed by atoms with van der Waals surface area (Å²) in [5, 5.41) is 3.31. The van der Waals surface area contributed by atoms with Gasteiger partial charge in [-0.15, -0.1) is 11.3 Å². The number of nitrogens with one attached hydrogen (secondary N) is 2. The highest BCUT2D eigenvalue weighted by molar-refractivity contribution is 7.89. The fourth-order valence-corrected chi connectivity index (χ4v) is 7.84. The third-order valence-corrected chi connectivity index (χ3v) is 10.3. The second-order valence-corrected chi connectivity index (χ2v) is 12.9. The van der Waals surface area contributed by atoms with Gasteiger partial charge in [0.25, 0.3) is 11.8 Å². The lowest BCUT2D eigenvalue weighted by atomic mass is 10.0. The van der Waals surface area contributed by atoms with Crippen molar-refractivity contribution in [3.63, 3.8) is 0 Å². The average Bonchev–Trinajstić information content (AvgIpc) is 3.25. The molecule has 1 aromatic heterocycles. The smallest absolute Gasteiger partial charge is 0.256 e. The van der Waals surface area contributed by atoms with Crippen LogP contribution >= 0.6 is 11.3 Å². The molecule has 0 saturated heterocycles. The summed E-state index contributed by atoms with van der Waals surface area (Å²) >= 11 is 1.40. The largest absolute Gasteiger partial charge is 0.365 e. The quantitative estimate of drug-likeness (QED) is 0.446. The van der Waals surface area contributed by atoms with E-state index in [0.29, 0.717) is 41.7 Å². The molecule has 194 valence electrons. The third kappa shape index (κ3) is 4.94. The van der Waals surface area contributed by atoms with Crippen molar-refractivity contribution in [3.8, 4) is 0 Å². The minimum Gasteiger partial charge on any atom is -0.365 e. The molecule has 8 nitrogen and oxygen atoms in total.